The van der Waals surface area contributed by atoms with Crippen LogP contribution in [0.2, 0.25) is 0 Å². The standard InChI is InChI=1S/C22H17F2N5O/c1-13-11-19(26-9-10-27-22(30)20-15(23)5-4-6-16(20)24)29-18-8-3-2-7-17(18)28-21(29)14(13)12-25/h2-8,11,26H,9-10H2,1H3,(H,27,30). The molecular formula is C22H17F2N5O. The van der Waals surface area contributed by atoms with Gasteiger partial charge in [-0.2, -0.15) is 5.26 Å². The molecule has 0 aliphatic carbocycles. The van der Waals surface area contributed by atoms with E-state index < -0.39 is 23.1 Å². The number of rotatable bonds is 5. The number of amides is 1. The molecule has 1 amide bonds. The zero-order valence-corrected chi connectivity index (χ0v) is 16.0. The van der Waals surface area contributed by atoms with E-state index in [4.69, 9.17) is 0 Å². The molecule has 4 rings (SSSR count). The number of halogens is 2. The van der Waals surface area contributed by atoms with Gasteiger partial charge < -0.3 is 10.6 Å². The lowest BCUT2D eigenvalue weighted by Gasteiger charge is -2.13. The summed E-state index contributed by atoms with van der Waals surface area (Å²) in [4.78, 5) is 16.7. The molecule has 2 aromatic heterocycles. The summed E-state index contributed by atoms with van der Waals surface area (Å²) in [6, 6.07) is 14.8. The van der Waals surface area contributed by atoms with Crippen molar-refractivity contribution in [2.75, 3.05) is 18.4 Å². The minimum absolute atomic E-state index is 0.139. The molecule has 0 aliphatic heterocycles. The Bertz CT molecular complexity index is 1300. The van der Waals surface area contributed by atoms with E-state index >= 15 is 0 Å². The number of hydrogen-bond acceptors (Lipinski definition) is 4. The molecule has 2 heterocycles. The number of para-hydroxylation sites is 2. The second-order valence-corrected chi connectivity index (χ2v) is 6.74. The lowest BCUT2D eigenvalue weighted by molar-refractivity contribution is 0.0946. The van der Waals surface area contributed by atoms with E-state index in [2.05, 4.69) is 21.7 Å². The molecule has 0 aliphatic rings. The number of imidazole rings is 1. The lowest BCUT2D eigenvalue weighted by atomic mass is 10.1. The van der Waals surface area contributed by atoms with Crippen molar-refractivity contribution >= 4 is 28.4 Å². The van der Waals surface area contributed by atoms with Gasteiger partial charge in [0, 0.05) is 13.1 Å². The Morgan fingerprint density at radius 3 is 2.60 bits per heavy atom. The highest BCUT2D eigenvalue weighted by Crippen LogP contribution is 2.26. The maximum Gasteiger partial charge on any atom is 0.257 e. The van der Waals surface area contributed by atoms with Gasteiger partial charge in [0.15, 0.2) is 5.65 Å². The van der Waals surface area contributed by atoms with Gasteiger partial charge in [0.25, 0.3) is 5.91 Å². The van der Waals surface area contributed by atoms with E-state index in [0.29, 0.717) is 23.6 Å². The summed E-state index contributed by atoms with van der Waals surface area (Å²) in [6.45, 7) is 2.26. The van der Waals surface area contributed by atoms with Crippen molar-refractivity contribution in [2.45, 2.75) is 6.92 Å². The molecule has 0 unspecified atom stereocenters. The lowest BCUT2D eigenvalue weighted by Crippen LogP contribution is -2.30. The molecule has 0 radical (unpaired) electrons. The van der Waals surface area contributed by atoms with Gasteiger partial charge in [-0.3, -0.25) is 9.20 Å². The minimum Gasteiger partial charge on any atom is -0.369 e. The number of benzene rings is 2. The average molecular weight is 405 g/mol. The van der Waals surface area contributed by atoms with Crippen molar-refractivity contribution in [2.24, 2.45) is 0 Å². The molecule has 0 saturated heterocycles. The smallest absolute Gasteiger partial charge is 0.257 e. The van der Waals surface area contributed by atoms with Crippen LogP contribution in [0.5, 0.6) is 0 Å². The second kappa shape index (κ2) is 7.79. The molecule has 0 bridgehead atoms. The summed E-state index contributed by atoms with van der Waals surface area (Å²) in [5, 5.41) is 15.2. The maximum absolute atomic E-state index is 13.7. The number of hydrogen-bond donors (Lipinski definition) is 2. The number of fused-ring (bicyclic) bond motifs is 3. The molecular weight excluding hydrogens is 388 g/mol. The van der Waals surface area contributed by atoms with Crippen LogP contribution < -0.4 is 10.6 Å². The largest absolute Gasteiger partial charge is 0.369 e. The number of carbonyl (C=O) groups excluding carboxylic acids is 1. The number of nitriles is 1. The van der Waals surface area contributed by atoms with Gasteiger partial charge in [-0.05, 0) is 42.8 Å². The highest BCUT2D eigenvalue weighted by molar-refractivity contribution is 5.94. The first-order valence-electron chi connectivity index (χ1n) is 9.28. The molecule has 4 aromatic rings. The van der Waals surface area contributed by atoms with Crippen molar-refractivity contribution < 1.29 is 13.6 Å². The van der Waals surface area contributed by atoms with Crippen molar-refractivity contribution in [3.8, 4) is 6.07 Å². The van der Waals surface area contributed by atoms with Gasteiger partial charge in [0.05, 0.1) is 16.6 Å². The molecule has 0 spiro atoms. The summed E-state index contributed by atoms with van der Waals surface area (Å²) in [7, 11) is 0. The van der Waals surface area contributed by atoms with Crippen LogP contribution in [0, 0.1) is 29.9 Å². The van der Waals surface area contributed by atoms with Gasteiger partial charge in [-0.15, -0.1) is 0 Å². The molecule has 0 saturated carbocycles. The molecule has 6 nitrogen and oxygen atoms in total. The van der Waals surface area contributed by atoms with Gasteiger partial charge in [-0.25, -0.2) is 13.8 Å². The molecule has 30 heavy (non-hydrogen) atoms. The fourth-order valence-electron chi connectivity index (χ4n) is 3.39. The Balaban J connectivity index is 1.56. The summed E-state index contributed by atoms with van der Waals surface area (Å²) in [6.07, 6.45) is 0. The third-order valence-electron chi connectivity index (χ3n) is 4.79. The van der Waals surface area contributed by atoms with Crippen LogP contribution in [0.1, 0.15) is 21.5 Å². The van der Waals surface area contributed by atoms with Gasteiger partial charge >= 0.3 is 0 Å². The molecule has 0 atom stereocenters. The molecule has 150 valence electrons. The first-order valence-corrected chi connectivity index (χ1v) is 9.28. The van der Waals surface area contributed by atoms with Gasteiger partial charge in [0.2, 0.25) is 0 Å². The van der Waals surface area contributed by atoms with E-state index in [-0.39, 0.29) is 6.54 Å². The molecule has 2 N–H and O–H groups in total. The summed E-state index contributed by atoms with van der Waals surface area (Å²) < 4.78 is 29.3. The zero-order valence-electron chi connectivity index (χ0n) is 16.0. The topological polar surface area (TPSA) is 82.2 Å². The van der Waals surface area contributed by atoms with Crippen molar-refractivity contribution in [1.82, 2.24) is 14.7 Å². The number of nitrogens with zero attached hydrogens (tertiary/aromatic N) is 3. The van der Waals surface area contributed by atoms with E-state index in [1.54, 1.807) is 0 Å². The van der Waals surface area contributed by atoms with Crippen LogP contribution in [0.4, 0.5) is 14.6 Å². The summed E-state index contributed by atoms with van der Waals surface area (Å²) in [5.41, 5.74) is 2.78. The van der Waals surface area contributed by atoms with E-state index in [9.17, 15) is 18.8 Å². The van der Waals surface area contributed by atoms with Gasteiger partial charge in [-0.1, -0.05) is 18.2 Å². The Hall–Kier alpha value is -3.99. The Labute approximate surface area is 170 Å². The fourth-order valence-corrected chi connectivity index (χ4v) is 3.39. The quantitative estimate of drug-likeness (QED) is 0.495. The average Bonchev–Trinajstić information content (AvgIpc) is 3.10. The molecule has 8 heteroatoms. The fraction of sp³-hybridized carbons (Fsp3) is 0.136. The Morgan fingerprint density at radius 1 is 1.13 bits per heavy atom. The molecule has 0 fully saturated rings. The van der Waals surface area contributed by atoms with Crippen LogP contribution in [0.3, 0.4) is 0 Å². The third kappa shape index (κ3) is 3.31. The van der Waals surface area contributed by atoms with Crippen LogP contribution in [0.15, 0.2) is 48.5 Å². The normalized spacial score (nSPS) is 10.9. The third-order valence-corrected chi connectivity index (χ3v) is 4.79. The Kier molecular flexibility index (Phi) is 5.02. The SMILES string of the molecule is Cc1cc(NCCNC(=O)c2c(F)cccc2F)n2c(nc3ccccc32)c1C#N. The van der Waals surface area contributed by atoms with E-state index in [1.165, 1.54) is 6.07 Å². The van der Waals surface area contributed by atoms with E-state index in [0.717, 1.165) is 28.7 Å². The number of aromatic nitrogens is 2. The predicted molar refractivity (Wildman–Crippen MR) is 109 cm³/mol. The first-order chi connectivity index (χ1) is 14.5. The number of anilines is 1. The van der Waals surface area contributed by atoms with E-state index in [1.807, 2.05) is 41.7 Å². The first kappa shape index (κ1) is 19.3. The molecule has 2 aromatic carbocycles. The highest BCUT2D eigenvalue weighted by Gasteiger charge is 2.17. The number of nitrogens with one attached hydrogen (secondary N) is 2. The van der Waals surface area contributed by atoms with Crippen LogP contribution >= 0.6 is 0 Å². The van der Waals surface area contributed by atoms with Crippen LogP contribution in [-0.2, 0) is 0 Å². The Morgan fingerprint density at radius 2 is 1.87 bits per heavy atom. The van der Waals surface area contributed by atoms with Crippen LogP contribution in [0.25, 0.3) is 16.7 Å². The summed E-state index contributed by atoms with van der Waals surface area (Å²) in [5.74, 6) is -1.94. The monoisotopic (exact) mass is 405 g/mol. The van der Waals surface area contributed by atoms with Crippen molar-refractivity contribution in [3.05, 3.63) is 76.9 Å². The number of carbonyl (C=O) groups is 1. The van der Waals surface area contributed by atoms with Crippen molar-refractivity contribution in [3.63, 3.8) is 0 Å². The maximum atomic E-state index is 13.7. The number of aryl methyl sites for hydroxylation is 1. The zero-order chi connectivity index (χ0) is 21.3. The number of pyridine rings is 1. The highest BCUT2D eigenvalue weighted by atomic mass is 19.1. The minimum atomic E-state index is -0.908. The van der Waals surface area contributed by atoms with Crippen LogP contribution in [-0.4, -0.2) is 28.4 Å². The summed E-state index contributed by atoms with van der Waals surface area (Å²) >= 11 is 0. The van der Waals surface area contributed by atoms with Gasteiger partial charge in [0.1, 0.15) is 29.1 Å². The van der Waals surface area contributed by atoms with Crippen molar-refractivity contribution in [1.29, 1.82) is 5.26 Å². The predicted octanol–water partition coefficient (Wildman–Crippen LogP) is 3.79. The second-order valence-electron chi connectivity index (χ2n) is 6.74.